The summed E-state index contributed by atoms with van der Waals surface area (Å²) in [5.41, 5.74) is 1.01. The van der Waals surface area contributed by atoms with E-state index in [0.717, 1.165) is 11.8 Å². The van der Waals surface area contributed by atoms with Crippen molar-refractivity contribution in [3.05, 3.63) is 0 Å². The van der Waals surface area contributed by atoms with Crippen LogP contribution in [0.3, 0.4) is 0 Å². The van der Waals surface area contributed by atoms with Crippen molar-refractivity contribution in [3.8, 4) is 0 Å². The lowest BCUT2D eigenvalue weighted by atomic mass is 9.44. The fraction of sp³-hybridized carbons (Fsp3) is 1.00. The van der Waals surface area contributed by atoms with Crippen LogP contribution in [0.15, 0.2) is 0 Å². The zero-order valence-corrected chi connectivity index (χ0v) is 9.26. The van der Waals surface area contributed by atoms with Gasteiger partial charge in [0, 0.05) is 6.61 Å². The largest absolute Gasteiger partial charge is 0.396 e. The molecule has 1 heteroatoms. The van der Waals surface area contributed by atoms with Crippen molar-refractivity contribution in [3.63, 3.8) is 0 Å². The number of hydrogen-bond donors (Lipinski definition) is 1. The smallest absolute Gasteiger partial charge is 0.0487 e. The number of hydrogen-bond acceptors (Lipinski definition) is 1. The Hall–Kier alpha value is -0.0400. The van der Waals surface area contributed by atoms with Gasteiger partial charge in [0.1, 0.15) is 0 Å². The molecule has 0 heterocycles. The lowest BCUT2D eigenvalue weighted by Crippen LogP contribution is -2.53. The van der Waals surface area contributed by atoms with Gasteiger partial charge in [-0.25, -0.2) is 0 Å². The van der Waals surface area contributed by atoms with Gasteiger partial charge in [0.25, 0.3) is 0 Å². The first kappa shape index (κ1) is 9.21. The molecule has 1 N–H and O–H groups in total. The zero-order valence-electron chi connectivity index (χ0n) is 9.26. The highest BCUT2D eigenvalue weighted by atomic mass is 16.3. The second kappa shape index (κ2) is 2.75. The Kier molecular flexibility index (Phi) is 1.81. The molecule has 0 aromatic rings. The summed E-state index contributed by atoms with van der Waals surface area (Å²) in [6.07, 6.45) is 9.78. The van der Waals surface area contributed by atoms with Gasteiger partial charge in [-0.05, 0) is 61.2 Å². The zero-order chi connectivity index (χ0) is 9.81. The summed E-state index contributed by atoms with van der Waals surface area (Å²) in [5, 5.41) is 9.64. The molecule has 0 amide bonds. The molecule has 4 bridgehead atoms. The van der Waals surface area contributed by atoms with Gasteiger partial charge in [-0.2, -0.15) is 0 Å². The van der Waals surface area contributed by atoms with Crippen LogP contribution in [0, 0.1) is 22.7 Å². The maximum atomic E-state index is 9.64. The van der Waals surface area contributed by atoms with E-state index in [9.17, 15) is 5.11 Å². The SMILES string of the molecule is CCC12C[C@@H]3C[C@@H](C1)CC(CO)(C3)C2. The minimum Gasteiger partial charge on any atom is -0.396 e. The van der Waals surface area contributed by atoms with E-state index in [1.807, 2.05) is 0 Å². The minimum atomic E-state index is 0.361. The molecule has 1 nitrogen and oxygen atoms in total. The van der Waals surface area contributed by atoms with Crippen molar-refractivity contribution in [2.75, 3.05) is 6.61 Å². The third-order valence-corrected chi connectivity index (χ3v) is 5.39. The molecule has 14 heavy (non-hydrogen) atoms. The van der Waals surface area contributed by atoms with E-state index in [0.29, 0.717) is 17.4 Å². The highest BCUT2D eigenvalue weighted by Crippen LogP contribution is 2.65. The molecule has 0 aromatic carbocycles. The second-order valence-electron chi connectivity index (χ2n) is 6.47. The summed E-state index contributed by atoms with van der Waals surface area (Å²) in [5.74, 6) is 1.92. The van der Waals surface area contributed by atoms with Gasteiger partial charge in [0.05, 0.1) is 0 Å². The van der Waals surface area contributed by atoms with E-state index in [4.69, 9.17) is 0 Å². The van der Waals surface area contributed by atoms with E-state index >= 15 is 0 Å². The quantitative estimate of drug-likeness (QED) is 0.716. The Balaban J connectivity index is 1.94. The fourth-order valence-electron chi connectivity index (χ4n) is 5.25. The van der Waals surface area contributed by atoms with Crippen molar-refractivity contribution in [1.29, 1.82) is 0 Å². The Labute approximate surface area is 86.9 Å². The Morgan fingerprint density at radius 1 is 1.07 bits per heavy atom. The maximum Gasteiger partial charge on any atom is 0.0487 e. The topological polar surface area (TPSA) is 20.2 Å². The molecule has 80 valence electrons. The molecule has 0 spiro atoms. The van der Waals surface area contributed by atoms with E-state index in [2.05, 4.69) is 6.92 Å². The standard InChI is InChI=1S/C13H22O/c1-2-12-4-10-3-11(5-12)7-13(6-10,8-12)9-14/h10-11,14H,2-9H2,1H3/t10-,11-,12?,13?/m0/s1. The number of rotatable bonds is 2. The average Bonchev–Trinajstić information content (AvgIpc) is 2.16. The fourth-order valence-corrected chi connectivity index (χ4v) is 5.25. The normalized spacial score (nSPS) is 55.3. The first-order valence-corrected chi connectivity index (χ1v) is 6.30. The first-order chi connectivity index (χ1) is 6.69. The molecule has 4 rings (SSSR count). The van der Waals surface area contributed by atoms with Crippen LogP contribution >= 0.6 is 0 Å². The highest BCUT2D eigenvalue weighted by Gasteiger charge is 2.56. The van der Waals surface area contributed by atoms with Gasteiger partial charge in [-0.3, -0.25) is 0 Å². The van der Waals surface area contributed by atoms with Gasteiger partial charge in [-0.15, -0.1) is 0 Å². The van der Waals surface area contributed by atoms with Crippen LogP contribution in [-0.4, -0.2) is 11.7 Å². The predicted molar refractivity (Wildman–Crippen MR) is 56.9 cm³/mol. The van der Waals surface area contributed by atoms with Crippen LogP contribution in [0.5, 0.6) is 0 Å². The van der Waals surface area contributed by atoms with Crippen LogP contribution in [0.1, 0.15) is 51.9 Å². The summed E-state index contributed by atoms with van der Waals surface area (Å²) in [6, 6.07) is 0. The lowest BCUT2D eigenvalue weighted by molar-refractivity contribution is -0.130. The summed E-state index contributed by atoms with van der Waals surface area (Å²) >= 11 is 0. The minimum absolute atomic E-state index is 0.361. The van der Waals surface area contributed by atoms with E-state index in [1.54, 1.807) is 0 Å². The van der Waals surface area contributed by atoms with Crippen LogP contribution < -0.4 is 0 Å². The van der Waals surface area contributed by atoms with Gasteiger partial charge < -0.3 is 5.11 Å². The predicted octanol–water partition coefficient (Wildman–Crippen LogP) is 2.98. The van der Waals surface area contributed by atoms with Gasteiger partial charge >= 0.3 is 0 Å². The van der Waals surface area contributed by atoms with E-state index in [-0.39, 0.29) is 0 Å². The maximum absolute atomic E-state index is 9.64. The average molecular weight is 194 g/mol. The summed E-state index contributed by atoms with van der Waals surface area (Å²) in [4.78, 5) is 0. The monoisotopic (exact) mass is 194 g/mol. The van der Waals surface area contributed by atoms with Gasteiger partial charge in [-0.1, -0.05) is 13.3 Å². The molecule has 4 saturated carbocycles. The van der Waals surface area contributed by atoms with Crippen molar-refractivity contribution in [2.24, 2.45) is 22.7 Å². The second-order valence-corrected chi connectivity index (χ2v) is 6.47. The summed E-state index contributed by atoms with van der Waals surface area (Å²) in [7, 11) is 0. The van der Waals surface area contributed by atoms with Gasteiger partial charge in [0.15, 0.2) is 0 Å². The van der Waals surface area contributed by atoms with Crippen molar-refractivity contribution in [2.45, 2.75) is 51.9 Å². The molecule has 4 aliphatic carbocycles. The number of aliphatic hydroxyl groups excluding tert-OH is 1. The highest BCUT2D eigenvalue weighted by molar-refractivity contribution is 5.06. The molecular weight excluding hydrogens is 172 g/mol. The molecular formula is C13H22O. The van der Waals surface area contributed by atoms with Crippen molar-refractivity contribution in [1.82, 2.24) is 0 Å². The van der Waals surface area contributed by atoms with Crippen LogP contribution in [-0.2, 0) is 0 Å². The van der Waals surface area contributed by atoms with Crippen LogP contribution in [0.4, 0.5) is 0 Å². The lowest BCUT2D eigenvalue weighted by Gasteiger charge is -2.62. The third-order valence-electron chi connectivity index (χ3n) is 5.39. The molecule has 0 saturated heterocycles. The molecule has 4 aliphatic rings. The molecule has 0 aliphatic heterocycles. The Bertz CT molecular complexity index is 210. The van der Waals surface area contributed by atoms with Crippen molar-refractivity contribution < 1.29 is 5.11 Å². The van der Waals surface area contributed by atoms with Crippen LogP contribution in [0.25, 0.3) is 0 Å². The Morgan fingerprint density at radius 2 is 1.64 bits per heavy atom. The van der Waals surface area contributed by atoms with Crippen molar-refractivity contribution >= 4 is 0 Å². The Morgan fingerprint density at radius 3 is 2.14 bits per heavy atom. The van der Waals surface area contributed by atoms with E-state index in [1.165, 1.54) is 44.9 Å². The molecule has 0 aromatic heterocycles. The summed E-state index contributed by atoms with van der Waals surface area (Å²) in [6.45, 7) is 2.82. The molecule has 4 fully saturated rings. The third kappa shape index (κ3) is 1.11. The molecule has 0 unspecified atom stereocenters. The molecule has 2 atom stereocenters. The van der Waals surface area contributed by atoms with Gasteiger partial charge in [0.2, 0.25) is 0 Å². The molecule has 0 radical (unpaired) electrons. The van der Waals surface area contributed by atoms with Crippen LogP contribution in [0.2, 0.25) is 0 Å². The summed E-state index contributed by atoms with van der Waals surface area (Å²) < 4.78 is 0. The number of aliphatic hydroxyl groups is 1. The first-order valence-electron chi connectivity index (χ1n) is 6.30. The van der Waals surface area contributed by atoms with E-state index < -0.39 is 0 Å².